The molecule has 1 aromatic rings. The van der Waals surface area contributed by atoms with Crippen molar-refractivity contribution in [3.63, 3.8) is 0 Å². The van der Waals surface area contributed by atoms with Gasteiger partial charge in [0.05, 0.1) is 6.04 Å². The summed E-state index contributed by atoms with van der Waals surface area (Å²) in [5.41, 5.74) is 7.82. The van der Waals surface area contributed by atoms with Crippen LogP contribution in [0, 0.1) is 12.8 Å². The largest absolute Gasteiger partial charge is 0.326 e. The maximum atomic E-state index is 6.41. The van der Waals surface area contributed by atoms with Crippen LogP contribution in [0.3, 0.4) is 0 Å². The highest BCUT2D eigenvalue weighted by Crippen LogP contribution is 2.35. The lowest BCUT2D eigenvalue weighted by atomic mass is 10.0. The lowest BCUT2D eigenvalue weighted by Gasteiger charge is -2.32. The van der Waals surface area contributed by atoms with Crippen LogP contribution in [0.1, 0.15) is 49.6 Å². The summed E-state index contributed by atoms with van der Waals surface area (Å²) in [5.74, 6) is 0.872. The van der Waals surface area contributed by atoms with Crippen molar-refractivity contribution in [3.05, 3.63) is 21.9 Å². The minimum atomic E-state index is 0.262. The fraction of sp³-hybridized carbons (Fsp3) is 0.733. The Morgan fingerprint density at radius 1 is 1.50 bits per heavy atom. The van der Waals surface area contributed by atoms with Gasteiger partial charge in [0.2, 0.25) is 0 Å². The topological polar surface area (TPSA) is 29.3 Å². The van der Waals surface area contributed by atoms with E-state index in [0.717, 1.165) is 12.3 Å². The van der Waals surface area contributed by atoms with Gasteiger partial charge >= 0.3 is 0 Å². The van der Waals surface area contributed by atoms with Gasteiger partial charge in [-0.25, -0.2) is 0 Å². The molecule has 0 bridgehead atoms. The van der Waals surface area contributed by atoms with E-state index in [0.29, 0.717) is 6.04 Å². The molecule has 2 N–H and O–H groups in total. The van der Waals surface area contributed by atoms with E-state index in [2.05, 4.69) is 37.1 Å². The molecular formula is C15H26N2S. The van der Waals surface area contributed by atoms with Gasteiger partial charge in [-0.15, -0.1) is 11.3 Å². The summed E-state index contributed by atoms with van der Waals surface area (Å²) < 4.78 is 0. The summed E-state index contributed by atoms with van der Waals surface area (Å²) in [7, 11) is 0. The zero-order valence-electron chi connectivity index (χ0n) is 11.9. The average Bonchev–Trinajstić information content (AvgIpc) is 3.00. The van der Waals surface area contributed by atoms with Crippen LogP contribution in [0.2, 0.25) is 0 Å². The van der Waals surface area contributed by atoms with E-state index in [1.807, 2.05) is 11.3 Å². The van der Waals surface area contributed by atoms with Gasteiger partial charge in [0.15, 0.2) is 0 Å². The molecule has 0 spiro atoms. The summed E-state index contributed by atoms with van der Waals surface area (Å²) in [4.78, 5) is 4.11. The zero-order valence-corrected chi connectivity index (χ0v) is 12.7. The summed E-state index contributed by atoms with van der Waals surface area (Å²) in [5, 5.41) is 2.20. The Morgan fingerprint density at radius 3 is 2.78 bits per heavy atom. The first-order valence-electron chi connectivity index (χ1n) is 7.21. The first-order chi connectivity index (χ1) is 8.67. The molecule has 0 radical (unpaired) electrons. The molecule has 1 aromatic heterocycles. The number of nitrogens with zero attached hydrogens (tertiary/aromatic N) is 1. The Balaban J connectivity index is 2.19. The molecule has 2 rings (SSSR count). The maximum absolute atomic E-state index is 6.41. The molecule has 0 saturated carbocycles. The van der Waals surface area contributed by atoms with Crippen LogP contribution in [-0.2, 0) is 0 Å². The van der Waals surface area contributed by atoms with E-state index in [1.165, 1.54) is 36.4 Å². The predicted octanol–water partition coefficient (Wildman–Crippen LogP) is 3.57. The molecule has 0 amide bonds. The molecule has 2 heterocycles. The number of hydrogen-bond donors (Lipinski definition) is 1. The molecule has 1 fully saturated rings. The van der Waals surface area contributed by atoms with E-state index >= 15 is 0 Å². The number of rotatable bonds is 5. The van der Waals surface area contributed by atoms with Crippen molar-refractivity contribution in [1.82, 2.24) is 4.90 Å². The van der Waals surface area contributed by atoms with E-state index in [-0.39, 0.29) is 6.04 Å². The van der Waals surface area contributed by atoms with Crippen LogP contribution in [-0.4, -0.2) is 24.0 Å². The lowest BCUT2D eigenvalue weighted by molar-refractivity contribution is 0.204. The maximum Gasteiger partial charge on any atom is 0.0596 e. The van der Waals surface area contributed by atoms with Gasteiger partial charge in [0.25, 0.3) is 0 Å². The number of likely N-dealkylation sites (tertiary alicyclic amines) is 1. The van der Waals surface area contributed by atoms with Crippen molar-refractivity contribution < 1.29 is 0 Å². The number of hydrogen-bond acceptors (Lipinski definition) is 3. The lowest BCUT2D eigenvalue weighted by Crippen LogP contribution is -2.39. The summed E-state index contributed by atoms with van der Waals surface area (Å²) in [6, 6.07) is 2.92. The highest BCUT2D eigenvalue weighted by Gasteiger charge is 2.32. The molecule has 3 atom stereocenters. The first-order valence-corrected chi connectivity index (χ1v) is 8.08. The molecule has 18 heavy (non-hydrogen) atoms. The van der Waals surface area contributed by atoms with Crippen molar-refractivity contribution in [1.29, 1.82) is 0 Å². The Labute approximate surface area is 115 Å². The monoisotopic (exact) mass is 266 g/mol. The molecule has 1 aliphatic rings. The highest BCUT2D eigenvalue weighted by atomic mass is 32.1. The van der Waals surface area contributed by atoms with Gasteiger partial charge < -0.3 is 5.73 Å². The van der Waals surface area contributed by atoms with Gasteiger partial charge in [-0.1, -0.05) is 20.3 Å². The molecule has 102 valence electrons. The second-order valence-corrected chi connectivity index (χ2v) is 6.49. The summed E-state index contributed by atoms with van der Waals surface area (Å²) in [6.07, 6.45) is 3.69. The van der Waals surface area contributed by atoms with Crippen LogP contribution in [0.4, 0.5) is 0 Å². The van der Waals surface area contributed by atoms with Gasteiger partial charge in [0, 0.05) is 17.5 Å². The molecule has 1 saturated heterocycles. The smallest absolute Gasteiger partial charge is 0.0596 e. The summed E-state index contributed by atoms with van der Waals surface area (Å²) in [6.45, 7) is 9.17. The third kappa shape index (κ3) is 2.79. The minimum absolute atomic E-state index is 0.262. The highest BCUT2D eigenvalue weighted by molar-refractivity contribution is 7.10. The van der Waals surface area contributed by atoms with E-state index in [1.54, 1.807) is 0 Å². The Morgan fingerprint density at radius 2 is 2.28 bits per heavy atom. The third-order valence-electron chi connectivity index (χ3n) is 4.34. The average molecular weight is 266 g/mol. The van der Waals surface area contributed by atoms with E-state index in [4.69, 9.17) is 5.73 Å². The van der Waals surface area contributed by atoms with E-state index < -0.39 is 0 Å². The van der Waals surface area contributed by atoms with Gasteiger partial charge in [-0.05, 0) is 49.2 Å². The van der Waals surface area contributed by atoms with E-state index in [9.17, 15) is 0 Å². The second kappa shape index (κ2) is 6.18. The van der Waals surface area contributed by atoms with Gasteiger partial charge in [-0.3, -0.25) is 4.90 Å². The predicted molar refractivity (Wildman–Crippen MR) is 80.0 cm³/mol. The standard InChI is InChI=1S/C15H26N2S/c1-4-12-6-8-17(10-12)14(13(16)5-2)15-11(3)7-9-18-15/h7,9,12-14H,4-6,8,10,16H2,1-3H3. The van der Waals surface area contributed by atoms with Gasteiger partial charge in [-0.2, -0.15) is 0 Å². The molecule has 3 unspecified atom stereocenters. The second-order valence-electron chi connectivity index (χ2n) is 5.54. The van der Waals surface area contributed by atoms with Crippen molar-refractivity contribution >= 4 is 11.3 Å². The van der Waals surface area contributed by atoms with Crippen LogP contribution in [0.25, 0.3) is 0 Å². The number of thiophene rings is 1. The van der Waals surface area contributed by atoms with Crippen molar-refractivity contribution in [2.24, 2.45) is 11.7 Å². The third-order valence-corrected chi connectivity index (χ3v) is 5.42. The Kier molecular flexibility index (Phi) is 4.82. The molecule has 0 aliphatic carbocycles. The molecule has 3 heteroatoms. The number of aryl methyl sites for hydroxylation is 1. The number of nitrogens with two attached hydrogens (primary N) is 1. The van der Waals surface area contributed by atoms with Crippen molar-refractivity contribution in [3.8, 4) is 0 Å². The van der Waals surface area contributed by atoms with Crippen LogP contribution in [0.5, 0.6) is 0 Å². The van der Waals surface area contributed by atoms with Crippen molar-refractivity contribution in [2.75, 3.05) is 13.1 Å². The van der Waals surface area contributed by atoms with Crippen molar-refractivity contribution in [2.45, 2.75) is 52.1 Å². The first kappa shape index (κ1) is 14.0. The Bertz CT molecular complexity index is 374. The zero-order chi connectivity index (χ0) is 13.1. The summed E-state index contributed by atoms with van der Waals surface area (Å²) >= 11 is 1.88. The van der Waals surface area contributed by atoms with Crippen LogP contribution >= 0.6 is 11.3 Å². The SMILES string of the molecule is CCC1CCN(C(c2sccc2C)C(N)CC)C1. The minimum Gasteiger partial charge on any atom is -0.326 e. The fourth-order valence-electron chi connectivity index (χ4n) is 2.99. The molecular weight excluding hydrogens is 240 g/mol. The van der Waals surface area contributed by atoms with Crippen LogP contribution < -0.4 is 5.73 Å². The van der Waals surface area contributed by atoms with Crippen LogP contribution in [0.15, 0.2) is 11.4 Å². The normalized spacial score (nSPS) is 24.3. The Hall–Kier alpha value is -0.380. The molecule has 1 aliphatic heterocycles. The quantitative estimate of drug-likeness (QED) is 0.883. The molecule has 2 nitrogen and oxygen atoms in total. The fourth-order valence-corrected chi connectivity index (χ4v) is 4.13. The van der Waals surface area contributed by atoms with Gasteiger partial charge in [0.1, 0.15) is 0 Å². The molecule has 0 aromatic carbocycles.